The first kappa shape index (κ1) is 16.0. The summed E-state index contributed by atoms with van der Waals surface area (Å²) in [5.41, 5.74) is 5.20. The van der Waals surface area contributed by atoms with E-state index in [-0.39, 0.29) is 5.63 Å². The molecule has 3 rings (SSSR count). The van der Waals surface area contributed by atoms with Crippen molar-refractivity contribution in [2.24, 2.45) is 0 Å². The van der Waals surface area contributed by atoms with Gasteiger partial charge in [-0.1, -0.05) is 0 Å². The average Bonchev–Trinajstić information content (AvgIpc) is 2.86. The Bertz CT molecular complexity index is 907. The maximum atomic E-state index is 11.9. The van der Waals surface area contributed by atoms with Gasteiger partial charge in [0.15, 0.2) is 0 Å². The predicted octanol–water partition coefficient (Wildman–Crippen LogP) is 2.99. The van der Waals surface area contributed by atoms with E-state index < -0.39 is 0 Å². The lowest BCUT2D eigenvalue weighted by Crippen LogP contribution is -3.06. The molecule has 3 nitrogen and oxygen atoms in total. The van der Waals surface area contributed by atoms with Crippen molar-refractivity contribution in [2.75, 3.05) is 7.05 Å². The Hall–Kier alpha value is -1.91. The molecule has 0 radical (unpaired) electrons. The summed E-state index contributed by atoms with van der Waals surface area (Å²) < 4.78 is 5.38. The lowest BCUT2D eigenvalue weighted by molar-refractivity contribution is -0.907. The fourth-order valence-corrected chi connectivity index (χ4v) is 3.90. The van der Waals surface area contributed by atoms with Crippen molar-refractivity contribution in [1.82, 2.24) is 0 Å². The summed E-state index contributed by atoms with van der Waals surface area (Å²) in [6.45, 7) is 8.06. The number of benzene rings is 1. The minimum absolute atomic E-state index is 0.268. The van der Waals surface area contributed by atoms with Gasteiger partial charge in [0.25, 0.3) is 0 Å². The van der Waals surface area contributed by atoms with Gasteiger partial charge in [-0.15, -0.1) is 11.3 Å². The second kappa shape index (κ2) is 6.30. The summed E-state index contributed by atoms with van der Waals surface area (Å²) in [5, 5.41) is 3.19. The first-order valence-corrected chi connectivity index (χ1v) is 8.70. The molecule has 23 heavy (non-hydrogen) atoms. The van der Waals surface area contributed by atoms with Crippen LogP contribution >= 0.6 is 11.3 Å². The van der Waals surface area contributed by atoms with Crippen LogP contribution < -0.4 is 10.5 Å². The monoisotopic (exact) mass is 328 g/mol. The number of rotatable bonds is 4. The van der Waals surface area contributed by atoms with E-state index in [1.54, 1.807) is 17.4 Å². The maximum Gasteiger partial charge on any atom is 0.336 e. The molecule has 1 N–H and O–H groups in total. The van der Waals surface area contributed by atoms with Crippen LogP contribution in [-0.4, -0.2) is 7.05 Å². The van der Waals surface area contributed by atoms with E-state index in [9.17, 15) is 4.79 Å². The zero-order chi connectivity index (χ0) is 16.6. The molecular weight excluding hydrogens is 306 g/mol. The average molecular weight is 328 g/mol. The van der Waals surface area contributed by atoms with Gasteiger partial charge < -0.3 is 9.32 Å². The van der Waals surface area contributed by atoms with Gasteiger partial charge in [0.05, 0.1) is 11.9 Å². The zero-order valence-corrected chi connectivity index (χ0v) is 14.8. The Labute approximate surface area is 140 Å². The Balaban J connectivity index is 1.94. The van der Waals surface area contributed by atoms with E-state index >= 15 is 0 Å². The van der Waals surface area contributed by atoms with Gasteiger partial charge in [0.2, 0.25) is 0 Å². The maximum absolute atomic E-state index is 11.9. The molecule has 2 aromatic heterocycles. The standard InChI is InChI=1S/C19H21NO2S/c1-12-5-6-23-18(12)11-20(4)10-15-9-19(21)22-17-8-14(3)13(2)7-16(15)17/h5-9H,10-11H2,1-4H3/p+1. The normalized spacial score (nSPS) is 12.7. The highest BCUT2D eigenvalue weighted by Gasteiger charge is 2.13. The summed E-state index contributed by atoms with van der Waals surface area (Å²) >= 11 is 1.80. The third-order valence-corrected chi connectivity index (χ3v) is 5.39. The number of thiophene rings is 1. The molecule has 0 fully saturated rings. The smallest absolute Gasteiger partial charge is 0.336 e. The van der Waals surface area contributed by atoms with E-state index in [4.69, 9.17) is 4.42 Å². The van der Waals surface area contributed by atoms with Crippen molar-refractivity contribution in [2.45, 2.75) is 33.9 Å². The van der Waals surface area contributed by atoms with Gasteiger partial charge >= 0.3 is 5.63 Å². The van der Waals surface area contributed by atoms with E-state index in [1.807, 2.05) is 13.0 Å². The molecule has 4 heteroatoms. The van der Waals surface area contributed by atoms with E-state index in [0.29, 0.717) is 5.58 Å². The largest absolute Gasteiger partial charge is 0.423 e. The first-order chi connectivity index (χ1) is 10.9. The van der Waals surface area contributed by atoms with Crippen molar-refractivity contribution >= 4 is 22.3 Å². The topological polar surface area (TPSA) is 34.6 Å². The molecule has 0 bridgehead atoms. The minimum atomic E-state index is -0.268. The van der Waals surface area contributed by atoms with Crippen LogP contribution in [0, 0.1) is 20.8 Å². The Morgan fingerprint density at radius 1 is 1.04 bits per heavy atom. The third-order valence-electron chi connectivity index (χ3n) is 4.37. The van der Waals surface area contributed by atoms with Crippen molar-refractivity contribution in [3.05, 3.63) is 67.2 Å². The summed E-state index contributed by atoms with van der Waals surface area (Å²) in [7, 11) is 2.17. The third kappa shape index (κ3) is 3.38. The molecule has 1 aromatic carbocycles. The Morgan fingerprint density at radius 3 is 2.48 bits per heavy atom. The molecule has 1 atom stereocenters. The highest BCUT2D eigenvalue weighted by Crippen LogP contribution is 2.21. The fraction of sp³-hybridized carbons (Fsp3) is 0.316. The number of fused-ring (bicyclic) bond motifs is 1. The predicted molar refractivity (Wildman–Crippen MR) is 95.3 cm³/mol. The summed E-state index contributed by atoms with van der Waals surface area (Å²) in [4.78, 5) is 14.6. The number of aryl methyl sites for hydroxylation is 3. The highest BCUT2D eigenvalue weighted by atomic mass is 32.1. The molecule has 0 spiro atoms. The summed E-state index contributed by atoms with van der Waals surface area (Å²) in [5.74, 6) is 0. The van der Waals surface area contributed by atoms with E-state index in [1.165, 1.54) is 20.9 Å². The molecule has 2 heterocycles. The quantitative estimate of drug-likeness (QED) is 0.747. The molecule has 0 amide bonds. The second-order valence-electron chi connectivity index (χ2n) is 6.36. The molecule has 0 aliphatic rings. The number of hydrogen-bond donors (Lipinski definition) is 1. The molecule has 0 saturated heterocycles. The van der Waals surface area contributed by atoms with Crippen LogP contribution in [0.1, 0.15) is 27.1 Å². The van der Waals surface area contributed by atoms with Crippen LogP contribution in [0.15, 0.2) is 38.9 Å². The van der Waals surface area contributed by atoms with Crippen LogP contribution in [0.2, 0.25) is 0 Å². The van der Waals surface area contributed by atoms with E-state index in [0.717, 1.165) is 29.6 Å². The highest BCUT2D eigenvalue weighted by molar-refractivity contribution is 7.10. The zero-order valence-electron chi connectivity index (χ0n) is 14.0. The van der Waals surface area contributed by atoms with Gasteiger partial charge in [-0.2, -0.15) is 0 Å². The van der Waals surface area contributed by atoms with Gasteiger partial charge in [-0.25, -0.2) is 4.79 Å². The lowest BCUT2D eigenvalue weighted by atomic mass is 10.0. The van der Waals surface area contributed by atoms with E-state index in [2.05, 4.69) is 38.4 Å². The van der Waals surface area contributed by atoms with Crippen LogP contribution in [-0.2, 0) is 13.1 Å². The number of nitrogens with one attached hydrogen (secondary N) is 1. The summed E-state index contributed by atoms with van der Waals surface area (Å²) in [6.07, 6.45) is 0. The van der Waals surface area contributed by atoms with Gasteiger partial charge in [-0.3, -0.25) is 0 Å². The lowest BCUT2D eigenvalue weighted by Gasteiger charge is -2.15. The molecule has 0 aliphatic heterocycles. The Kier molecular flexibility index (Phi) is 4.37. The van der Waals surface area contributed by atoms with Crippen molar-refractivity contribution in [3.8, 4) is 0 Å². The van der Waals surface area contributed by atoms with Crippen LogP contribution in [0.4, 0.5) is 0 Å². The SMILES string of the molecule is Cc1cc2oc(=O)cc(C[NH+](C)Cc3sccc3C)c2cc1C. The second-order valence-corrected chi connectivity index (χ2v) is 7.36. The van der Waals surface area contributed by atoms with Gasteiger partial charge in [-0.05, 0) is 61.0 Å². The summed E-state index contributed by atoms with van der Waals surface area (Å²) in [6, 6.07) is 7.90. The number of quaternary nitrogens is 1. The van der Waals surface area contributed by atoms with Gasteiger partial charge in [0, 0.05) is 17.0 Å². The molecule has 120 valence electrons. The van der Waals surface area contributed by atoms with Crippen LogP contribution in [0.25, 0.3) is 11.0 Å². The number of hydrogen-bond acceptors (Lipinski definition) is 3. The molecule has 3 aromatic rings. The Morgan fingerprint density at radius 2 is 1.78 bits per heavy atom. The van der Waals surface area contributed by atoms with Crippen molar-refractivity contribution in [1.29, 1.82) is 0 Å². The van der Waals surface area contributed by atoms with Gasteiger partial charge in [0.1, 0.15) is 18.7 Å². The first-order valence-electron chi connectivity index (χ1n) is 7.82. The van der Waals surface area contributed by atoms with Crippen molar-refractivity contribution in [3.63, 3.8) is 0 Å². The van der Waals surface area contributed by atoms with Crippen LogP contribution in [0.5, 0.6) is 0 Å². The molecule has 0 saturated carbocycles. The van der Waals surface area contributed by atoms with Crippen LogP contribution in [0.3, 0.4) is 0 Å². The molecule has 0 aliphatic carbocycles. The minimum Gasteiger partial charge on any atom is -0.423 e. The molecular formula is C19H22NO2S+. The fourth-order valence-electron chi connectivity index (χ4n) is 2.88. The molecule has 1 unspecified atom stereocenters. The van der Waals surface area contributed by atoms with Crippen molar-refractivity contribution < 1.29 is 9.32 Å².